The monoisotopic (exact) mass is 284 g/mol. The van der Waals surface area contributed by atoms with Crippen molar-refractivity contribution in [3.63, 3.8) is 0 Å². The first-order valence-corrected chi connectivity index (χ1v) is 8.44. The summed E-state index contributed by atoms with van der Waals surface area (Å²) in [6, 6.07) is 0. The van der Waals surface area contributed by atoms with E-state index >= 15 is 0 Å². The summed E-state index contributed by atoms with van der Waals surface area (Å²) in [5, 5.41) is 3.87. The Bertz CT molecular complexity index is 593. The van der Waals surface area contributed by atoms with Crippen molar-refractivity contribution in [2.24, 2.45) is 0 Å². The van der Waals surface area contributed by atoms with Crippen LogP contribution < -0.4 is 0 Å². The zero-order valence-corrected chi connectivity index (χ0v) is 11.4. The van der Waals surface area contributed by atoms with Crippen LogP contribution in [-0.2, 0) is 14.6 Å². The van der Waals surface area contributed by atoms with Crippen LogP contribution in [0.2, 0.25) is 0 Å². The summed E-state index contributed by atoms with van der Waals surface area (Å²) < 4.78 is 28.0. The molecule has 19 heavy (non-hydrogen) atoms. The highest BCUT2D eigenvalue weighted by atomic mass is 32.2. The van der Waals surface area contributed by atoms with Crippen LogP contribution in [-0.4, -0.2) is 35.8 Å². The Kier molecular flexibility index (Phi) is 3.16. The Labute approximate surface area is 111 Å². The molecule has 0 aromatic carbocycles. The van der Waals surface area contributed by atoms with Crippen LogP contribution in [0.4, 0.5) is 0 Å². The number of rotatable bonds is 2. The molecule has 1 aromatic rings. The van der Waals surface area contributed by atoms with E-state index in [1.54, 1.807) is 0 Å². The van der Waals surface area contributed by atoms with E-state index < -0.39 is 9.84 Å². The molecule has 6 nitrogen and oxygen atoms in total. The molecule has 2 fully saturated rings. The molecule has 0 bridgehead atoms. The molecule has 7 heteroatoms. The van der Waals surface area contributed by atoms with E-state index in [4.69, 9.17) is 4.52 Å². The van der Waals surface area contributed by atoms with Gasteiger partial charge in [-0.1, -0.05) is 11.6 Å². The number of carbonyl (C=O) groups is 1. The van der Waals surface area contributed by atoms with Crippen molar-refractivity contribution in [1.82, 2.24) is 10.1 Å². The molecule has 0 spiro atoms. The summed E-state index contributed by atoms with van der Waals surface area (Å²) in [4.78, 5) is 16.1. The number of Topliss-reactive ketones (excluding diaryl/α,β-unsaturated/α-hetero) is 1. The number of nitrogens with zero attached hydrogens (tertiary/aromatic N) is 2. The second-order valence-corrected chi connectivity index (χ2v) is 7.58. The number of aromatic nitrogens is 2. The van der Waals surface area contributed by atoms with Crippen LogP contribution in [0, 0.1) is 0 Å². The number of ketones is 1. The summed E-state index contributed by atoms with van der Waals surface area (Å²) in [7, 11) is -2.96. The van der Waals surface area contributed by atoms with Gasteiger partial charge in [0.05, 0.1) is 17.4 Å². The maximum atomic E-state index is 11.8. The summed E-state index contributed by atoms with van der Waals surface area (Å²) in [6.07, 6.45) is 3.78. The zero-order chi connectivity index (χ0) is 13.5. The van der Waals surface area contributed by atoms with E-state index in [1.165, 1.54) is 0 Å². The van der Waals surface area contributed by atoms with Crippen LogP contribution in [0.5, 0.6) is 0 Å². The van der Waals surface area contributed by atoms with Gasteiger partial charge >= 0.3 is 0 Å². The van der Waals surface area contributed by atoms with Crippen molar-refractivity contribution in [3.05, 3.63) is 11.7 Å². The highest BCUT2D eigenvalue weighted by Crippen LogP contribution is 2.31. The fourth-order valence-electron chi connectivity index (χ4n) is 2.80. The van der Waals surface area contributed by atoms with Gasteiger partial charge in [-0.25, -0.2) is 8.42 Å². The third kappa shape index (κ3) is 2.56. The summed E-state index contributed by atoms with van der Waals surface area (Å²) in [6.45, 7) is 0. The normalized spacial score (nSPS) is 30.6. The van der Waals surface area contributed by atoms with Crippen LogP contribution in [0.1, 0.15) is 55.7 Å². The Balaban J connectivity index is 1.78. The summed E-state index contributed by atoms with van der Waals surface area (Å²) in [5.74, 6) is 0.766. The summed E-state index contributed by atoms with van der Waals surface area (Å²) >= 11 is 0. The third-order valence-electron chi connectivity index (χ3n) is 3.91. The largest absolute Gasteiger partial charge is 0.339 e. The van der Waals surface area contributed by atoms with Gasteiger partial charge in [-0.2, -0.15) is 4.98 Å². The van der Waals surface area contributed by atoms with Crippen molar-refractivity contribution in [1.29, 1.82) is 0 Å². The Morgan fingerprint density at radius 3 is 2.74 bits per heavy atom. The van der Waals surface area contributed by atoms with Crippen molar-refractivity contribution in [3.8, 4) is 0 Å². The predicted molar refractivity (Wildman–Crippen MR) is 66.5 cm³/mol. The third-order valence-corrected chi connectivity index (χ3v) is 5.68. The molecular weight excluding hydrogens is 268 g/mol. The number of carbonyl (C=O) groups excluding carboxylic acids is 1. The van der Waals surface area contributed by atoms with Gasteiger partial charge < -0.3 is 4.52 Å². The Morgan fingerprint density at radius 1 is 1.21 bits per heavy atom. The fourth-order valence-corrected chi connectivity index (χ4v) is 4.54. The molecule has 3 rings (SSSR count). The first-order chi connectivity index (χ1) is 9.05. The minimum atomic E-state index is -2.96. The first kappa shape index (κ1) is 12.8. The maximum Gasteiger partial charge on any atom is 0.237 e. The first-order valence-electron chi connectivity index (χ1n) is 6.62. The summed E-state index contributed by atoms with van der Waals surface area (Å²) in [5.41, 5.74) is 0. The lowest BCUT2D eigenvalue weighted by molar-refractivity contribution is -0.122. The molecule has 2 atom stereocenters. The molecule has 1 saturated heterocycles. The van der Waals surface area contributed by atoms with Crippen molar-refractivity contribution >= 4 is 15.6 Å². The van der Waals surface area contributed by atoms with Crippen molar-refractivity contribution in [2.45, 2.75) is 43.9 Å². The minimum absolute atomic E-state index is 0.0879. The van der Waals surface area contributed by atoms with Crippen LogP contribution in [0.15, 0.2) is 4.52 Å². The van der Waals surface area contributed by atoms with E-state index in [0.717, 1.165) is 19.3 Å². The SMILES string of the molecule is O=C1CCCCC1c1nc(C2CCS(=O)(=O)C2)no1. The van der Waals surface area contributed by atoms with Gasteiger partial charge in [-0.05, 0) is 19.3 Å². The highest BCUT2D eigenvalue weighted by Gasteiger charge is 2.34. The van der Waals surface area contributed by atoms with E-state index in [9.17, 15) is 13.2 Å². The Morgan fingerprint density at radius 2 is 2.05 bits per heavy atom. The van der Waals surface area contributed by atoms with Gasteiger partial charge in [-0.3, -0.25) is 4.79 Å². The molecule has 1 aliphatic carbocycles. The zero-order valence-electron chi connectivity index (χ0n) is 10.5. The molecule has 0 radical (unpaired) electrons. The minimum Gasteiger partial charge on any atom is -0.339 e. The lowest BCUT2D eigenvalue weighted by atomic mass is 9.88. The van der Waals surface area contributed by atoms with E-state index in [1.807, 2.05) is 0 Å². The lowest BCUT2D eigenvalue weighted by Crippen LogP contribution is -2.17. The van der Waals surface area contributed by atoms with Gasteiger partial charge in [0, 0.05) is 12.3 Å². The van der Waals surface area contributed by atoms with Gasteiger partial charge in [0.2, 0.25) is 5.89 Å². The standard InChI is InChI=1S/C12H16N2O4S/c15-10-4-2-1-3-9(10)12-13-11(14-18-12)8-5-6-19(16,17)7-8/h8-9H,1-7H2. The molecule has 2 aliphatic rings. The molecule has 2 heterocycles. The van der Waals surface area contributed by atoms with E-state index in [2.05, 4.69) is 10.1 Å². The highest BCUT2D eigenvalue weighted by molar-refractivity contribution is 7.91. The van der Waals surface area contributed by atoms with E-state index in [0.29, 0.717) is 24.6 Å². The van der Waals surface area contributed by atoms with Gasteiger partial charge in [0.1, 0.15) is 5.78 Å². The van der Waals surface area contributed by atoms with E-state index in [-0.39, 0.29) is 29.1 Å². The number of hydrogen-bond donors (Lipinski definition) is 0. The van der Waals surface area contributed by atoms with Crippen LogP contribution in [0.3, 0.4) is 0 Å². The van der Waals surface area contributed by atoms with Crippen molar-refractivity contribution in [2.75, 3.05) is 11.5 Å². The smallest absolute Gasteiger partial charge is 0.237 e. The molecule has 1 saturated carbocycles. The van der Waals surface area contributed by atoms with Gasteiger partial charge in [0.15, 0.2) is 15.7 Å². The second kappa shape index (κ2) is 4.70. The lowest BCUT2D eigenvalue weighted by Gasteiger charge is -2.16. The molecule has 104 valence electrons. The maximum absolute atomic E-state index is 11.8. The molecule has 0 N–H and O–H groups in total. The topological polar surface area (TPSA) is 90.1 Å². The number of sulfone groups is 1. The van der Waals surface area contributed by atoms with Crippen LogP contribution >= 0.6 is 0 Å². The van der Waals surface area contributed by atoms with Crippen molar-refractivity contribution < 1.29 is 17.7 Å². The fraction of sp³-hybridized carbons (Fsp3) is 0.750. The molecule has 0 amide bonds. The predicted octanol–water partition coefficient (Wildman–Crippen LogP) is 1.20. The molecule has 1 aromatic heterocycles. The Hall–Kier alpha value is -1.24. The van der Waals surface area contributed by atoms with Crippen LogP contribution in [0.25, 0.3) is 0 Å². The van der Waals surface area contributed by atoms with Gasteiger partial charge in [-0.15, -0.1) is 0 Å². The second-order valence-electron chi connectivity index (χ2n) is 5.36. The average Bonchev–Trinajstić information content (AvgIpc) is 2.96. The molecule has 1 aliphatic heterocycles. The average molecular weight is 284 g/mol. The quantitative estimate of drug-likeness (QED) is 0.810. The molecule has 2 unspecified atom stereocenters. The molecular formula is C12H16N2O4S. The number of hydrogen-bond acceptors (Lipinski definition) is 6. The van der Waals surface area contributed by atoms with Gasteiger partial charge in [0.25, 0.3) is 0 Å².